The van der Waals surface area contributed by atoms with Gasteiger partial charge in [-0.15, -0.1) is 0 Å². The molecule has 1 aliphatic rings. The summed E-state index contributed by atoms with van der Waals surface area (Å²) in [4.78, 5) is 12.3. The SMILES string of the molecule is CCCC1=Cc2cccc3cccc(c23)C1=O. The molecule has 1 aliphatic carbocycles. The van der Waals surface area contributed by atoms with E-state index in [1.54, 1.807) is 0 Å². The zero-order valence-corrected chi connectivity index (χ0v) is 9.86. The minimum Gasteiger partial charge on any atom is -0.289 e. The lowest BCUT2D eigenvalue weighted by Crippen LogP contribution is -2.08. The number of carbonyl (C=O) groups is 1. The van der Waals surface area contributed by atoms with Gasteiger partial charge in [-0.1, -0.05) is 49.7 Å². The lowest BCUT2D eigenvalue weighted by atomic mass is 9.86. The molecule has 0 saturated carbocycles. The van der Waals surface area contributed by atoms with Crippen LogP contribution in [0.5, 0.6) is 0 Å². The molecular formula is C16H14O. The van der Waals surface area contributed by atoms with Gasteiger partial charge in [0.2, 0.25) is 0 Å². The largest absolute Gasteiger partial charge is 0.289 e. The molecule has 0 unspecified atom stereocenters. The number of hydrogen-bond acceptors (Lipinski definition) is 1. The van der Waals surface area contributed by atoms with Crippen molar-refractivity contribution in [3.8, 4) is 0 Å². The quantitative estimate of drug-likeness (QED) is 0.743. The number of rotatable bonds is 2. The van der Waals surface area contributed by atoms with Crippen molar-refractivity contribution in [2.24, 2.45) is 0 Å². The molecule has 0 heterocycles. The summed E-state index contributed by atoms with van der Waals surface area (Å²) in [5, 5.41) is 2.26. The molecule has 0 radical (unpaired) electrons. The van der Waals surface area contributed by atoms with Crippen molar-refractivity contribution in [1.82, 2.24) is 0 Å². The fourth-order valence-corrected chi connectivity index (χ4v) is 2.56. The van der Waals surface area contributed by atoms with Gasteiger partial charge in [0.05, 0.1) is 0 Å². The molecule has 1 nitrogen and oxygen atoms in total. The van der Waals surface area contributed by atoms with Crippen LogP contribution in [0.25, 0.3) is 16.8 Å². The molecule has 0 aliphatic heterocycles. The van der Waals surface area contributed by atoms with Gasteiger partial charge in [0.1, 0.15) is 0 Å². The van der Waals surface area contributed by atoms with Gasteiger partial charge in [-0.3, -0.25) is 4.79 Å². The summed E-state index contributed by atoms with van der Waals surface area (Å²) in [5.74, 6) is 0.205. The first-order valence-electron chi connectivity index (χ1n) is 6.08. The molecule has 17 heavy (non-hydrogen) atoms. The Morgan fingerprint density at radius 1 is 1.06 bits per heavy atom. The highest BCUT2D eigenvalue weighted by atomic mass is 16.1. The van der Waals surface area contributed by atoms with E-state index in [1.807, 2.05) is 12.1 Å². The van der Waals surface area contributed by atoms with E-state index in [4.69, 9.17) is 0 Å². The average molecular weight is 222 g/mol. The Bertz CT molecular complexity index is 630. The molecule has 0 atom stereocenters. The molecule has 0 N–H and O–H groups in total. The van der Waals surface area contributed by atoms with E-state index in [1.165, 1.54) is 5.56 Å². The monoisotopic (exact) mass is 222 g/mol. The highest BCUT2D eigenvalue weighted by Gasteiger charge is 2.20. The maximum Gasteiger partial charge on any atom is 0.189 e. The summed E-state index contributed by atoms with van der Waals surface area (Å²) >= 11 is 0. The fraction of sp³-hybridized carbons (Fsp3) is 0.188. The number of allylic oxidation sites excluding steroid dienone is 1. The Kier molecular flexibility index (Phi) is 2.32. The Morgan fingerprint density at radius 3 is 2.59 bits per heavy atom. The molecule has 0 spiro atoms. The Balaban J connectivity index is 2.33. The van der Waals surface area contributed by atoms with E-state index in [0.717, 1.165) is 34.8 Å². The molecule has 3 rings (SSSR count). The van der Waals surface area contributed by atoms with Crippen LogP contribution in [0.3, 0.4) is 0 Å². The van der Waals surface area contributed by atoms with E-state index in [-0.39, 0.29) is 5.78 Å². The van der Waals surface area contributed by atoms with E-state index >= 15 is 0 Å². The van der Waals surface area contributed by atoms with Crippen LogP contribution in [0.15, 0.2) is 42.0 Å². The molecule has 0 aromatic heterocycles. The van der Waals surface area contributed by atoms with Gasteiger partial charge in [0, 0.05) is 16.5 Å². The predicted octanol–water partition coefficient (Wildman–Crippen LogP) is 4.22. The molecule has 2 aromatic rings. The van der Waals surface area contributed by atoms with Gasteiger partial charge in [-0.05, 0) is 23.4 Å². The summed E-state index contributed by atoms with van der Waals surface area (Å²) in [7, 11) is 0. The summed E-state index contributed by atoms with van der Waals surface area (Å²) in [6.07, 6.45) is 3.93. The van der Waals surface area contributed by atoms with E-state index in [2.05, 4.69) is 37.3 Å². The van der Waals surface area contributed by atoms with Gasteiger partial charge >= 0.3 is 0 Å². The molecule has 1 heteroatoms. The highest BCUT2D eigenvalue weighted by Crippen LogP contribution is 2.32. The lowest BCUT2D eigenvalue weighted by molar-refractivity contribution is 0.103. The second-order valence-electron chi connectivity index (χ2n) is 4.50. The smallest absolute Gasteiger partial charge is 0.189 e. The van der Waals surface area contributed by atoms with Gasteiger partial charge < -0.3 is 0 Å². The molecule has 0 fully saturated rings. The Labute approximate surface area is 101 Å². The van der Waals surface area contributed by atoms with Gasteiger partial charge in [0.25, 0.3) is 0 Å². The van der Waals surface area contributed by atoms with Crippen molar-refractivity contribution in [2.75, 3.05) is 0 Å². The summed E-state index contributed by atoms with van der Waals surface area (Å²) in [5.41, 5.74) is 2.99. The first kappa shape index (κ1) is 10.3. The normalized spacial score (nSPS) is 13.9. The maximum atomic E-state index is 12.3. The Morgan fingerprint density at radius 2 is 1.82 bits per heavy atom. The van der Waals surface area contributed by atoms with Crippen LogP contribution < -0.4 is 0 Å². The number of hydrogen-bond donors (Lipinski definition) is 0. The molecule has 2 aromatic carbocycles. The van der Waals surface area contributed by atoms with Crippen LogP contribution >= 0.6 is 0 Å². The number of ketones is 1. The second kappa shape index (κ2) is 3.85. The van der Waals surface area contributed by atoms with Gasteiger partial charge in [-0.25, -0.2) is 0 Å². The molecule has 84 valence electrons. The first-order valence-corrected chi connectivity index (χ1v) is 6.08. The topological polar surface area (TPSA) is 17.1 Å². The van der Waals surface area contributed by atoms with Crippen molar-refractivity contribution in [3.63, 3.8) is 0 Å². The summed E-state index contributed by atoms with van der Waals surface area (Å²) in [6.45, 7) is 2.11. The highest BCUT2D eigenvalue weighted by molar-refractivity contribution is 6.22. The third kappa shape index (κ3) is 1.50. The summed E-state index contributed by atoms with van der Waals surface area (Å²) < 4.78 is 0. The number of Topliss-reactive ketones (excluding diaryl/α,β-unsaturated/α-hetero) is 1. The average Bonchev–Trinajstić information content (AvgIpc) is 2.36. The van der Waals surface area contributed by atoms with Crippen LogP contribution in [0.1, 0.15) is 35.7 Å². The number of benzene rings is 2. The van der Waals surface area contributed by atoms with Crippen molar-refractivity contribution in [3.05, 3.63) is 53.1 Å². The zero-order valence-electron chi connectivity index (χ0n) is 9.86. The maximum absolute atomic E-state index is 12.3. The summed E-state index contributed by atoms with van der Waals surface area (Å²) in [6, 6.07) is 12.2. The van der Waals surface area contributed by atoms with Crippen molar-refractivity contribution >= 4 is 22.6 Å². The second-order valence-corrected chi connectivity index (χ2v) is 4.50. The van der Waals surface area contributed by atoms with Crippen molar-refractivity contribution in [1.29, 1.82) is 0 Å². The van der Waals surface area contributed by atoms with Gasteiger partial charge in [-0.2, -0.15) is 0 Å². The van der Waals surface area contributed by atoms with Crippen molar-refractivity contribution in [2.45, 2.75) is 19.8 Å². The van der Waals surface area contributed by atoms with E-state index in [0.29, 0.717) is 0 Å². The first-order chi connectivity index (χ1) is 8.31. The standard InChI is InChI=1S/C16H14O/c1-2-5-13-10-12-8-3-6-11-7-4-9-14(15(11)12)16(13)17/h3-4,6-10H,2,5H2,1H3. The van der Waals surface area contributed by atoms with Crippen LogP contribution in [0.2, 0.25) is 0 Å². The lowest BCUT2D eigenvalue weighted by Gasteiger charge is -2.16. The van der Waals surface area contributed by atoms with Crippen molar-refractivity contribution < 1.29 is 4.79 Å². The zero-order chi connectivity index (χ0) is 11.8. The Hall–Kier alpha value is -1.89. The predicted molar refractivity (Wildman–Crippen MR) is 71.2 cm³/mol. The molecule has 0 saturated heterocycles. The minimum absolute atomic E-state index is 0.205. The number of carbonyl (C=O) groups excluding carboxylic acids is 1. The molecule has 0 bridgehead atoms. The minimum atomic E-state index is 0.205. The van der Waals surface area contributed by atoms with Crippen LogP contribution in [0.4, 0.5) is 0 Å². The van der Waals surface area contributed by atoms with Crippen LogP contribution in [-0.2, 0) is 0 Å². The van der Waals surface area contributed by atoms with Crippen LogP contribution in [0, 0.1) is 0 Å². The molecular weight excluding hydrogens is 208 g/mol. The fourth-order valence-electron chi connectivity index (χ4n) is 2.56. The van der Waals surface area contributed by atoms with Gasteiger partial charge in [0.15, 0.2) is 5.78 Å². The third-order valence-corrected chi connectivity index (χ3v) is 3.32. The van der Waals surface area contributed by atoms with E-state index < -0.39 is 0 Å². The van der Waals surface area contributed by atoms with E-state index in [9.17, 15) is 4.79 Å². The van der Waals surface area contributed by atoms with Crippen LogP contribution in [-0.4, -0.2) is 5.78 Å². The third-order valence-electron chi connectivity index (χ3n) is 3.32. The molecule has 0 amide bonds.